The fourth-order valence-electron chi connectivity index (χ4n) is 11.7. The number of alkyl halides is 3. The summed E-state index contributed by atoms with van der Waals surface area (Å²) >= 11 is 3.17. The van der Waals surface area contributed by atoms with Gasteiger partial charge in [-0.25, -0.2) is 4.79 Å². The number of carbonyl (C=O) groups excluding carboxylic acids is 5. The summed E-state index contributed by atoms with van der Waals surface area (Å²) < 4.78 is 80.6. The van der Waals surface area contributed by atoms with Gasteiger partial charge in [0.25, 0.3) is 17.7 Å². The highest BCUT2D eigenvalue weighted by Crippen LogP contribution is 2.43. The third kappa shape index (κ3) is 15.1. The molecule has 26 heteroatoms. The number of Topliss-reactive ketones (excluding diaryl/α,β-unsaturated/α-hetero) is 2. The number of carboxylic acids is 1. The Morgan fingerprint density at radius 3 is 1.15 bits per heavy atom. The van der Waals surface area contributed by atoms with E-state index in [1.165, 1.54) is 41.2 Å². The lowest BCUT2D eigenvalue weighted by molar-refractivity contribution is -0.0500. The number of carboxylic acid groups (broad SMARTS) is 1. The number of ketones is 2. The Morgan fingerprint density at radius 1 is 0.433 bits per heavy atom. The Bertz CT molecular complexity index is 5680. The van der Waals surface area contributed by atoms with Gasteiger partial charge in [0.2, 0.25) is 0 Å². The van der Waals surface area contributed by atoms with Crippen LogP contribution in [0.25, 0.3) is 87.5 Å². The summed E-state index contributed by atoms with van der Waals surface area (Å²) in [5, 5.41) is 50.0. The molecule has 3 amide bonds. The molecule has 18 nitrogen and oxygen atoms in total. The second-order valence-electron chi connectivity index (χ2n) is 23.6. The van der Waals surface area contributed by atoms with Crippen LogP contribution in [-0.2, 0) is 10.1 Å². The van der Waals surface area contributed by atoms with Gasteiger partial charge in [0.15, 0.2) is 34.6 Å². The van der Waals surface area contributed by atoms with Crippen molar-refractivity contribution in [2.75, 3.05) is 16.0 Å². The van der Waals surface area contributed by atoms with Crippen molar-refractivity contribution < 1.29 is 82.9 Å². The number of para-hydroxylation sites is 3. The maximum atomic E-state index is 12.9. The van der Waals surface area contributed by atoms with E-state index in [1.54, 1.807) is 53.9 Å². The zero-order valence-electron chi connectivity index (χ0n) is 55.4. The lowest BCUT2D eigenvalue weighted by Gasteiger charge is -2.10. The van der Waals surface area contributed by atoms with Crippen LogP contribution >= 0.6 is 34.0 Å². The number of fused-ring (bicyclic) bond motifs is 6. The number of carbonyl (C=O) groups is 6. The molecule has 0 saturated carbocycles. The first-order chi connectivity index (χ1) is 49.7. The van der Waals surface area contributed by atoms with Crippen LogP contribution in [0, 0.1) is 20.8 Å². The molecule has 0 atom stereocenters. The molecule has 0 aliphatic carbocycles. The van der Waals surface area contributed by atoms with Crippen LogP contribution in [0.4, 0.5) is 28.2 Å². The van der Waals surface area contributed by atoms with Crippen molar-refractivity contribution in [3.63, 3.8) is 0 Å². The Kier molecular flexibility index (Phi) is 20.8. The smallest absolute Gasteiger partial charge is 0.478 e. The van der Waals surface area contributed by atoms with Crippen LogP contribution in [0.1, 0.15) is 93.3 Å². The predicted octanol–water partition coefficient (Wildman–Crippen LogP) is 18.7. The van der Waals surface area contributed by atoms with E-state index in [4.69, 9.17) is 23.3 Å². The first-order valence-corrected chi connectivity index (χ1v) is 35.6. The van der Waals surface area contributed by atoms with E-state index in [2.05, 4.69) is 45.3 Å². The van der Waals surface area contributed by atoms with Gasteiger partial charge in [-0.3, -0.25) is 24.0 Å². The minimum Gasteiger partial charge on any atom is -0.478 e. The van der Waals surface area contributed by atoms with Gasteiger partial charge in [-0.2, -0.15) is 21.6 Å². The van der Waals surface area contributed by atoms with E-state index in [-0.39, 0.29) is 44.5 Å². The van der Waals surface area contributed by atoms with Crippen LogP contribution < -0.4 is 25.6 Å². The minimum atomic E-state index is -5.97. The maximum Gasteiger partial charge on any atom is 0.534 e. The van der Waals surface area contributed by atoms with Gasteiger partial charge in [-0.15, -0.1) is 34.0 Å². The molecule has 15 aromatic rings. The molecule has 522 valence electrons. The molecule has 0 spiro atoms. The van der Waals surface area contributed by atoms with Crippen LogP contribution in [0.2, 0.25) is 0 Å². The molecular formula is C78H57BF3N3O15S4. The van der Waals surface area contributed by atoms with Crippen molar-refractivity contribution in [3.8, 4) is 28.0 Å². The summed E-state index contributed by atoms with van der Waals surface area (Å²) in [4.78, 5) is 74.6. The fraction of sp³-hybridized carbons (Fsp3) is 0.0769. The van der Waals surface area contributed by atoms with Crippen molar-refractivity contribution in [3.05, 3.63) is 267 Å². The molecule has 0 fully saturated rings. The highest BCUT2D eigenvalue weighted by molar-refractivity contribution is 7.88. The van der Waals surface area contributed by atoms with Crippen molar-refractivity contribution in [2.45, 2.75) is 40.1 Å². The SMILES string of the molecule is CC(=O)c1c(-c2ccc(C)c3ccccc23)csc1NC(=O)c1cc2ccccc2o1.CC(=O)c1c(OS(=O)(=O)C(F)(F)F)csc1NC(=O)c1cc2ccccc2o1.Cc1ccc(-c2csc(NC(=O)c3cc4ccccc4o3)c2C(=O)O)c2ccccc12.Cc1ccc(B(O)O)c2ccccc12. The molecule has 0 unspecified atom stereocenters. The van der Waals surface area contributed by atoms with E-state index < -0.39 is 57.6 Å². The molecule has 6 heterocycles. The number of nitrogens with one attached hydrogen (secondary N) is 3. The second-order valence-corrected chi connectivity index (χ2v) is 27.7. The first kappa shape index (κ1) is 72.0. The number of hydrogen-bond donors (Lipinski definition) is 6. The lowest BCUT2D eigenvalue weighted by atomic mass is 9.76. The third-order valence-corrected chi connectivity index (χ3v) is 20.3. The highest BCUT2D eigenvalue weighted by atomic mass is 32.2. The van der Waals surface area contributed by atoms with Crippen LogP contribution in [-0.4, -0.2) is 71.5 Å². The average molecular weight is 1470 g/mol. The Balaban J connectivity index is 0.000000134. The number of hydrogen-bond acceptors (Lipinski definition) is 17. The molecule has 0 saturated heterocycles. The van der Waals surface area contributed by atoms with Crippen LogP contribution in [0.15, 0.2) is 230 Å². The summed E-state index contributed by atoms with van der Waals surface area (Å²) in [7, 11) is -7.37. The molecule has 104 heavy (non-hydrogen) atoms. The Morgan fingerprint density at radius 2 is 0.769 bits per heavy atom. The number of rotatable bonds is 14. The number of furan rings is 3. The molecule has 15 rings (SSSR count). The Hall–Kier alpha value is -11.8. The van der Waals surface area contributed by atoms with Crippen molar-refractivity contribution in [1.82, 2.24) is 0 Å². The van der Waals surface area contributed by atoms with E-state index >= 15 is 0 Å². The number of thiophene rings is 3. The maximum absolute atomic E-state index is 12.9. The monoisotopic (exact) mass is 1470 g/mol. The number of benzene rings is 9. The topological polar surface area (TPSA) is 282 Å². The summed E-state index contributed by atoms with van der Waals surface area (Å²) in [5.41, 5.74) is 3.31. The van der Waals surface area contributed by atoms with E-state index in [0.29, 0.717) is 55.1 Å². The van der Waals surface area contributed by atoms with Gasteiger partial charge in [-0.1, -0.05) is 164 Å². The molecule has 6 aromatic heterocycles. The van der Waals surface area contributed by atoms with Gasteiger partial charge in [0, 0.05) is 43.4 Å². The molecule has 9 aromatic carbocycles. The molecule has 0 radical (unpaired) electrons. The molecule has 0 aliphatic rings. The summed E-state index contributed by atoms with van der Waals surface area (Å²) in [6.45, 7) is 8.63. The number of halogens is 3. The van der Waals surface area contributed by atoms with Crippen molar-refractivity contribution in [1.29, 1.82) is 0 Å². The highest BCUT2D eigenvalue weighted by Gasteiger charge is 2.49. The molecule has 0 bridgehead atoms. The van der Waals surface area contributed by atoms with E-state index in [0.717, 1.165) is 83.2 Å². The standard InChI is InChI=1S/C26H19NO3S.C25H17NO4S.C16H10F3NO6S2.C11H11BO2/c1-15-11-12-20(19-9-5-4-8-18(15)19)21-14-31-26(24(21)16(2)28)27-25(29)23-13-17-7-3-6-10-22(17)30-23;1-14-10-11-18(17-8-4-3-7-16(14)17)19-13-31-24(22(19)25(28)29)26-23(27)21-12-15-6-2-5-9-20(15)30-21;1-8(21)13-12(26-28(23,24)16(17,18)19)7-27-15(13)20-14(22)11-6-9-4-2-3-5-10(9)25-11;1-8-6-7-11(12(13)14)10-5-3-2-4-9(8)10/h3-14H,1-2H3,(H,27,29);2-13H,1H3,(H,26,27)(H,28,29);2-7H,1H3,(H,20,22);2-7,13-14H,1H3. The number of aryl methyl sites for hydroxylation is 3. The quantitative estimate of drug-likeness (QED) is 0.0255. The van der Waals surface area contributed by atoms with Gasteiger partial charge in [0.05, 0.1) is 11.1 Å². The van der Waals surface area contributed by atoms with E-state index in [1.807, 2.05) is 147 Å². The molecular weight excluding hydrogens is 1410 g/mol. The van der Waals surface area contributed by atoms with Gasteiger partial charge >= 0.3 is 28.7 Å². The van der Waals surface area contributed by atoms with Crippen molar-refractivity contribution >= 4 is 172 Å². The lowest BCUT2D eigenvalue weighted by Crippen LogP contribution is -2.30. The zero-order chi connectivity index (χ0) is 73.9. The Labute approximate surface area is 602 Å². The van der Waals surface area contributed by atoms with Gasteiger partial charge in [0.1, 0.15) is 37.3 Å². The second kappa shape index (κ2) is 30.0. The summed E-state index contributed by atoms with van der Waals surface area (Å²) in [6, 6.07) is 61.8. The van der Waals surface area contributed by atoms with E-state index in [9.17, 15) is 55.5 Å². The minimum absolute atomic E-state index is 0.0727. The van der Waals surface area contributed by atoms with Crippen LogP contribution in [0.5, 0.6) is 5.75 Å². The number of anilines is 3. The normalized spacial score (nSPS) is 11.3. The van der Waals surface area contributed by atoms with Crippen LogP contribution in [0.3, 0.4) is 0 Å². The summed E-state index contributed by atoms with van der Waals surface area (Å²) in [6.07, 6.45) is 0. The zero-order valence-corrected chi connectivity index (χ0v) is 58.6. The fourth-order valence-corrected chi connectivity index (χ4v) is 15.1. The number of aromatic carboxylic acids is 1. The van der Waals surface area contributed by atoms with Gasteiger partial charge in [-0.05, 0) is 137 Å². The first-order valence-electron chi connectivity index (χ1n) is 31.6. The largest absolute Gasteiger partial charge is 0.534 e. The predicted molar refractivity (Wildman–Crippen MR) is 402 cm³/mol. The molecule has 6 N–H and O–H groups in total. The van der Waals surface area contributed by atoms with Gasteiger partial charge < -0.3 is 48.5 Å². The average Bonchev–Trinajstić information content (AvgIpc) is 1.43. The van der Waals surface area contributed by atoms with Crippen molar-refractivity contribution in [2.24, 2.45) is 0 Å². The molecule has 0 aliphatic heterocycles. The number of amides is 3. The summed E-state index contributed by atoms with van der Waals surface area (Å²) in [5.74, 6) is -4.20. The third-order valence-electron chi connectivity index (χ3n) is 16.7.